The fourth-order valence-corrected chi connectivity index (χ4v) is 2.87. The summed E-state index contributed by atoms with van der Waals surface area (Å²) in [6, 6.07) is 0.524. The third kappa shape index (κ3) is 2.83. The van der Waals surface area contributed by atoms with Crippen molar-refractivity contribution in [1.29, 1.82) is 0 Å². The Morgan fingerprint density at radius 1 is 1.13 bits per heavy atom. The summed E-state index contributed by atoms with van der Waals surface area (Å²) in [5.74, 6) is 0.626. The molecule has 0 saturated carbocycles. The highest BCUT2D eigenvalue weighted by Gasteiger charge is 2.35. The molecule has 1 fully saturated rings. The highest BCUT2D eigenvalue weighted by Crippen LogP contribution is 2.34. The Bertz CT molecular complexity index is 250. The lowest BCUT2D eigenvalue weighted by Gasteiger charge is -2.44. The number of hydrogen-bond donors (Lipinski definition) is 2. The SMILES string of the molecule is CC.CN1C(S)C(S)CC2C=CC=CC21. The van der Waals surface area contributed by atoms with E-state index in [2.05, 4.69) is 61.5 Å². The van der Waals surface area contributed by atoms with Crippen LogP contribution in [0.4, 0.5) is 0 Å². The molecule has 0 spiro atoms. The van der Waals surface area contributed by atoms with E-state index in [4.69, 9.17) is 0 Å². The van der Waals surface area contributed by atoms with Crippen LogP contribution in [0.5, 0.6) is 0 Å². The van der Waals surface area contributed by atoms with Crippen LogP contribution in [0.1, 0.15) is 20.3 Å². The Labute approximate surface area is 104 Å². The zero-order chi connectivity index (χ0) is 11.4. The van der Waals surface area contributed by atoms with Gasteiger partial charge >= 0.3 is 0 Å². The van der Waals surface area contributed by atoms with E-state index >= 15 is 0 Å². The van der Waals surface area contributed by atoms with Crippen molar-refractivity contribution in [2.45, 2.75) is 36.9 Å². The van der Waals surface area contributed by atoms with Crippen LogP contribution in [0.2, 0.25) is 0 Å². The molecule has 0 aromatic carbocycles. The lowest BCUT2D eigenvalue weighted by molar-refractivity contribution is 0.168. The second-order valence-electron chi connectivity index (χ2n) is 3.81. The molecule has 1 aliphatic carbocycles. The smallest absolute Gasteiger partial charge is 0.0648 e. The van der Waals surface area contributed by atoms with Crippen LogP contribution >= 0.6 is 25.3 Å². The van der Waals surface area contributed by atoms with Crippen molar-refractivity contribution in [2.75, 3.05) is 7.05 Å². The quantitative estimate of drug-likeness (QED) is 0.619. The monoisotopic (exact) mass is 243 g/mol. The third-order valence-electron chi connectivity index (χ3n) is 2.96. The van der Waals surface area contributed by atoms with Crippen LogP contribution in [0.25, 0.3) is 0 Å². The minimum Gasteiger partial charge on any atom is -0.287 e. The largest absolute Gasteiger partial charge is 0.287 e. The Morgan fingerprint density at radius 2 is 1.73 bits per heavy atom. The van der Waals surface area contributed by atoms with Crippen LogP contribution in [-0.4, -0.2) is 28.6 Å². The topological polar surface area (TPSA) is 3.24 Å². The van der Waals surface area contributed by atoms with Gasteiger partial charge in [0.05, 0.1) is 5.37 Å². The zero-order valence-electron chi connectivity index (χ0n) is 9.67. The Hall–Kier alpha value is 0.140. The molecular weight excluding hydrogens is 222 g/mol. The molecule has 86 valence electrons. The summed E-state index contributed by atoms with van der Waals surface area (Å²) in [6.45, 7) is 4.00. The van der Waals surface area contributed by atoms with Crippen LogP contribution in [0.15, 0.2) is 24.3 Å². The van der Waals surface area contributed by atoms with Crippen molar-refractivity contribution in [3.05, 3.63) is 24.3 Å². The average molecular weight is 243 g/mol. The van der Waals surface area contributed by atoms with Gasteiger partial charge in [0.25, 0.3) is 0 Å². The predicted molar refractivity (Wildman–Crippen MR) is 74.8 cm³/mol. The molecule has 2 aliphatic rings. The third-order valence-corrected chi connectivity index (χ3v) is 4.41. The summed E-state index contributed by atoms with van der Waals surface area (Å²) in [5.41, 5.74) is 0. The summed E-state index contributed by atoms with van der Waals surface area (Å²) >= 11 is 9.12. The van der Waals surface area contributed by atoms with Gasteiger partial charge in [0.2, 0.25) is 0 Å². The first-order valence-corrected chi connectivity index (χ1v) is 6.66. The van der Waals surface area contributed by atoms with Crippen LogP contribution in [0.3, 0.4) is 0 Å². The molecule has 2 rings (SSSR count). The van der Waals surface area contributed by atoms with Crippen LogP contribution in [0, 0.1) is 5.92 Å². The molecule has 1 nitrogen and oxygen atoms in total. The average Bonchev–Trinajstić information content (AvgIpc) is 2.29. The molecular formula is C12H21NS2. The standard InChI is InChI=1S/C10H15NS2.C2H6/c1-11-8-5-3-2-4-7(8)6-9(12)10(11)13;1-2/h2-5,7-10,12-13H,6H2,1H3;1-2H3. The summed E-state index contributed by atoms with van der Waals surface area (Å²) < 4.78 is 0. The minimum absolute atomic E-state index is 0.278. The number of allylic oxidation sites excluding steroid dienone is 2. The maximum atomic E-state index is 4.56. The second kappa shape index (κ2) is 6.02. The number of thiol groups is 2. The lowest BCUT2D eigenvalue weighted by Crippen LogP contribution is -2.50. The van der Waals surface area contributed by atoms with E-state index in [1.807, 2.05) is 13.8 Å². The lowest BCUT2D eigenvalue weighted by atomic mass is 9.86. The van der Waals surface area contributed by atoms with Gasteiger partial charge in [0, 0.05) is 11.3 Å². The highest BCUT2D eigenvalue weighted by molar-refractivity contribution is 7.85. The predicted octanol–water partition coefficient (Wildman–Crippen LogP) is 3.01. The molecule has 1 aliphatic heterocycles. The fraction of sp³-hybridized carbons (Fsp3) is 0.667. The van der Waals surface area contributed by atoms with Gasteiger partial charge in [-0.05, 0) is 19.4 Å². The van der Waals surface area contributed by atoms with Gasteiger partial charge in [0.15, 0.2) is 0 Å². The zero-order valence-corrected chi connectivity index (χ0v) is 11.5. The van der Waals surface area contributed by atoms with Gasteiger partial charge in [-0.25, -0.2) is 0 Å². The molecule has 0 bridgehead atoms. The molecule has 4 unspecified atom stereocenters. The Kier molecular flexibility index (Phi) is 5.30. The van der Waals surface area contributed by atoms with E-state index in [1.165, 1.54) is 0 Å². The van der Waals surface area contributed by atoms with Gasteiger partial charge in [-0.1, -0.05) is 38.2 Å². The van der Waals surface area contributed by atoms with E-state index in [1.54, 1.807) is 0 Å². The number of likely N-dealkylation sites (tertiary alicyclic amines) is 1. The minimum atomic E-state index is 0.278. The number of piperidine rings is 1. The van der Waals surface area contributed by atoms with E-state index in [0.717, 1.165) is 6.42 Å². The van der Waals surface area contributed by atoms with E-state index < -0.39 is 0 Å². The van der Waals surface area contributed by atoms with Gasteiger partial charge in [-0.2, -0.15) is 25.3 Å². The molecule has 0 aromatic rings. The molecule has 0 aromatic heterocycles. The number of hydrogen-bond acceptors (Lipinski definition) is 3. The van der Waals surface area contributed by atoms with E-state index in [-0.39, 0.29) is 5.37 Å². The molecule has 0 amide bonds. The van der Waals surface area contributed by atoms with Gasteiger partial charge in [-0.3, -0.25) is 4.90 Å². The van der Waals surface area contributed by atoms with E-state index in [0.29, 0.717) is 17.2 Å². The maximum Gasteiger partial charge on any atom is 0.0648 e. The molecule has 0 N–H and O–H groups in total. The van der Waals surface area contributed by atoms with Crippen molar-refractivity contribution < 1.29 is 0 Å². The molecule has 0 radical (unpaired) electrons. The number of nitrogens with zero attached hydrogens (tertiary/aromatic N) is 1. The number of likely N-dealkylation sites (N-methyl/N-ethyl adjacent to an activating group) is 1. The molecule has 15 heavy (non-hydrogen) atoms. The summed E-state index contributed by atoms with van der Waals surface area (Å²) in [5, 5.41) is 0.659. The maximum absolute atomic E-state index is 4.56. The summed E-state index contributed by atoms with van der Waals surface area (Å²) in [7, 11) is 2.13. The molecule has 1 saturated heterocycles. The van der Waals surface area contributed by atoms with Gasteiger partial charge < -0.3 is 0 Å². The first-order chi connectivity index (χ1) is 7.20. The van der Waals surface area contributed by atoms with Crippen molar-refractivity contribution in [1.82, 2.24) is 4.90 Å². The van der Waals surface area contributed by atoms with Crippen LogP contribution in [-0.2, 0) is 0 Å². The normalized spacial score (nSPS) is 39.3. The first-order valence-electron chi connectivity index (χ1n) is 5.63. The van der Waals surface area contributed by atoms with Crippen molar-refractivity contribution in [2.24, 2.45) is 5.92 Å². The molecule has 4 atom stereocenters. The number of fused-ring (bicyclic) bond motifs is 1. The molecule has 3 heteroatoms. The fourth-order valence-electron chi connectivity index (χ4n) is 2.15. The van der Waals surface area contributed by atoms with Crippen molar-refractivity contribution >= 4 is 25.3 Å². The molecule has 1 heterocycles. The Morgan fingerprint density at radius 3 is 2.40 bits per heavy atom. The van der Waals surface area contributed by atoms with E-state index in [9.17, 15) is 0 Å². The second-order valence-corrected chi connectivity index (χ2v) is 5.00. The summed E-state index contributed by atoms with van der Waals surface area (Å²) in [4.78, 5) is 2.30. The highest BCUT2D eigenvalue weighted by atomic mass is 32.1. The van der Waals surface area contributed by atoms with Gasteiger partial charge in [0.1, 0.15) is 0 Å². The number of rotatable bonds is 0. The first kappa shape index (κ1) is 13.2. The van der Waals surface area contributed by atoms with Gasteiger partial charge in [-0.15, -0.1) is 0 Å². The van der Waals surface area contributed by atoms with Crippen molar-refractivity contribution in [3.8, 4) is 0 Å². The van der Waals surface area contributed by atoms with Crippen molar-refractivity contribution in [3.63, 3.8) is 0 Å². The van der Waals surface area contributed by atoms with Crippen LogP contribution < -0.4 is 0 Å². The summed E-state index contributed by atoms with van der Waals surface area (Å²) in [6.07, 6.45) is 9.93. The Balaban J connectivity index is 0.000000531.